The van der Waals surface area contributed by atoms with Gasteiger partial charge in [0.05, 0.1) is 5.52 Å². The highest BCUT2D eigenvalue weighted by Crippen LogP contribution is 2.28. The summed E-state index contributed by atoms with van der Waals surface area (Å²) in [6.45, 7) is 0.478. The Balaban J connectivity index is 1.93. The molecule has 0 amide bonds. The van der Waals surface area contributed by atoms with Gasteiger partial charge in [-0.1, -0.05) is 57.9 Å². The van der Waals surface area contributed by atoms with Gasteiger partial charge in [0.15, 0.2) is 0 Å². The smallest absolute Gasteiger partial charge is 0.133 e. The van der Waals surface area contributed by atoms with Crippen LogP contribution in [-0.4, -0.2) is 4.98 Å². The molecule has 0 atom stereocenters. The molecule has 0 spiro atoms. The lowest BCUT2D eigenvalue weighted by Crippen LogP contribution is -1.97. The minimum absolute atomic E-state index is 0.436. The van der Waals surface area contributed by atoms with Crippen LogP contribution in [0.3, 0.4) is 0 Å². The van der Waals surface area contributed by atoms with E-state index in [1.165, 1.54) is 0 Å². The van der Waals surface area contributed by atoms with Crippen molar-refractivity contribution in [2.24, 2.45) is 0 Å². The number of hydrogen-bond acceptors (Lipinski definition) is 2. The van der Waals surface area contributed by atoms with Gasteiger partial charge in [0, 0.05) is 21.5 Å². The highest BCUT2D eigenvalue weighted by molar-refractivity contribution is 9.10. The maximum absolute atomic E-state index is 6.04. The van der Waals surface area contributed by atoms with Crippen molar-refractivity contribution in [2.45, 2.75) is 6.61 Å². The second kappa shape index (κ2) is 5.81. The molecular weight excluding hydrogens is 338 g/mol. The summed E-state index contributed by atoms with van der Waals surface area (Å²) in [6, 6.07) is 17.5. The average molecular weight is 349 g/mol. The first-order valence-corrected chi connectivity index (χ1v) is 7.32. The van der Waals surface area contributed by atoms with Crippen molar-refractivity contribution >= 4 is 38.4 Å². The van der Waals surface area contributed by atoms with E-state index in [0.717, 1.165) is 26.7 Å². The molecule has 1 aromatic heterocycles. The number of rotatable bonds is 3. The molecule has 0 saturated carbocycles. The van der Waals surface area contributed by atoms with Crippen LogP contribution >= 0.6 is 27.5 Å². The van der Waals surface area contributed by atoms with Gasteiger partial charge in [-0.3, -0.25) is 0 Å². The van der Waals surface area contributed by atoms with Crippen molar-refractivity contribution in [1.82, 2.24) is 4.98 Å². The monoisotopic (exact) mass is 347 g/mol. The van der Waals surface area contributed by atoms with Gasteiger partial charge < -0.3 is 4.74 Å². The molecule has 3 rings (SSSR count). The predicted molar refractivity (Wildman–Crippen MR) is 85.2 cm³/mol. The molecule has 0 bridgehead atoms. The standard InChI is InChI=1S/C16H11BrClNO/c17-13-7-3-1-5-11(13)10-20-15-9-16(18)19-14-8-4-2-6-12(14)15/h1-9H,10H2. The third-order valence-electron chi connectivity index (χ3n) is 2.99. The first-order valence-electron chi connectivity index (χ1n) is 6.15. The van der Waals surface area contributed by atoms with Gasteiger partial charge in [-0.2, -0.15) is 0 Å². The number of pyridine rings is 1. The number of nitrogens with zero attached hydrogens (tertiary/aromatic N) is 1. The highest BCUT2D eigenvalue weighted by Gasteiger charge is 2.07. The van der Waals surface area contributed by atoms with Crippen molar-refractivity contribution in [3.05, 3.63) is 69.8 Å². The first kappa shape index (κ1) is 13.4. The van der Waals surface area contributed by atoms with Crippen molar-refractivity contribution in [1.29, 1.82) is 0 Å². The van der Waals surface area contributed by atoms with Crippen LogP contribution in [0, 0.1) is 0 Å². The third kappa shape index (κ3) is 2.79. The number of ether oxygens (including phenoxy) is 1. The van der Waals surface area contributed by atoms with Crippen molar-refractivity contribution < 1.29 is 4.74 Å². The van der Waals surface area contributed by atoms with Gasteiger partial charge in [0.2, 0.25) is 0 Å². The van der Waals surface area contributed by atoms with Crippen LogP contribution in [0.2, 0.25) is 5.15 Å². The maximum atomic E-state index is 6.04. The molecule has 2 aromatic carbocycles. The second-order valence-corrected chi connectivity index (χ2v) is 5.58. The van der Waals surface area contributed by atoms with Crippen LogP contribution in [0.5, 0.6) is 5.75 Å². The SMILES string of the molecule is Clc1cc(OCc2ccccc2Br)c2ccccc2n1. The molecule has 1 heterocycles. The van der Waals surface area contributed by atoms with Crippen molar-refractivity contribution in [3.8, 4) is 5.75 Å². The zero-order valence-electron chi connectivity index (χ0n) is 10.5. The predicted octanol–water partition coefficient (Wildman–Crippen LogP) is 5.23. The molecule has 3 aromatic rings. The van der Waals surface area contributed by atoms with E-state index in [1.54, 1.807) is 6.07 Å². The van der Waals surface area contributed by atoms with E-state index in [2.05, 4.69) is 20.9 Å². The fourth-order valence-corrected chi connectivity index (χ4v) is 2.59. The highest BCUT2D eigenvalue weighted by atomic mass is 79.9. The van der Waals surface area contributed by atoms with Gasteiger partial charge >= 0.3 is 0 Å². The van der Waals surface area contributed by atoms with Crippen LogP contribution in [0.4, 0.5) is 0 Å². The van der Waals surface area contributed by atoms with E-state index < -0.39 is 0 Å². The minimum atomic E-state index is 0.436. The molecule has 0 saturated heterocycles. The summed E-state index contributed by atoms with van der Waals surface area (Å²) in [6.07, 6.45) is 0. The molecule has 0 unspecified atom stereocenters. The summed E-state index contributed by atoms with van der Waals surface area (Å²) in [7, 11) is 0. The van der Waals surface area contributed by atoms with Crippen LogP contribution < -0.4 is 4.74 Å². The number of hydrogen-bond donors (Lipinski definition) is 0. The van der Waals surface area contributed by atoms with E-state index in [1.807, 2.05) is 48.5 Å². The lowest BCUT2D eigenvalue weighted by Gasteiger charge is -2.10. The lowest BCUT2D eigenvalue weighted by molar-refractivity contribution is 0.309. The summed E-state index contributed by atoms with van der Waals surface area (Å²) in [5.41, 5.74) is 1.92. The summed E-state index contributed by atoms with van der Waals surface area (Å²) < 4.78 is 6.94. The fourth-order valence-electron chi connectivity index (χ4n) is 2.00. The van der Waals surface area contributed by atoms with Crippen molar-refractivity contribution in [3.63, 3.8) is 0 Å². The van der Waals surface area contributed by atoms with Crippen molar-refractivity contribution in [2.75, 3.05) is 0 Å². The topological polar surface area (TPSA) is 22.1 Å². The van der Waals surface area contributed by atoms with Gasteiger partial charge in [-0.25, -0.2) is 4.98 Å². The first-order chi connectivity index (χ1) is 9.74. The van der Waals surface area contributed by atoms with Gasteiger partial charge in [0.25, 0.3) is 0 Å². The average Bonchev–Trinajstić information content (AvgIpc) is 2.46. The van der Waals surface area contributed by atoms with E-state index >= 15 is 0 Å². The van der Waals surface area contributed by atoms with Crippen LogP contribution in [0.25, 0.3) is 10.9 Å². The molecule has 0 radical (unpaired) electrons. The summed E-state index contributed by atoms with van der Waals surface area (Å²) in [5, 5.41) is 1.40. The molecule has 0 aliphatic carbocycles. The minimum Gasteiger partial charge on any atom is -0.488 e. The third-order valence-corrected chi connectivity index (χ3v) is 3.96. The number of aromatic nitrogens is 1. The van der Waals surface area contributed by atoms with Gasteiger partial charge in [0.1, 0.15) is 17.5 Å². The Kier molecular flexibility index (Phi) is 3.90. The maximum Gasteiger partial charge on any atom is 0.133 e. The van der Waals surface area contributed by atoms with Gasteiger partial charge in [-0.15, -0.1) is 0 Å². The molecule has 20 heavy (non-hydrogen) atoms. The Bertz CT molecular complexity index is 760. The summed E-state index contributed by atoms with van der Waals surface area (Å²) >= 11 is 9.55. The largest absolute Gasteiger partial charge is 0.488 e. The number of halogens is 2. The van der Waals surface area contributed by atoms with E-state index in [4.69, 9.17) is 16.3 Å². The second-order valence-electron chi connectivity index (χ2n) is 4.34. The Morgan fingerprint density at radius 2 is 1.80 bits per heavy atom. The Hall–Kier alpha value is -1.58. The van der Waals surface area contributed by atoms with E-state index in [-0.39, 0.29) is 0 Å². The molecule has 0 aliphatic heterocycles. The molecule has 0 aliphatic rings. The molecule has 2 nitrogen and oxygen atoms in total. The molecule has 100 valence electrons. The van der Waals surface area contributed by atoms with Crippen LogP contribution in [0.15, 0.2) is 59.1 Å². The zero-order chi connectivity index (χ0) is 13.9. The van der Waals surface area contributed by atoms with E-state index in [0.29, 0.717) is 11.8 Å². The summed E-state index contributed by atoms with van der Waals surface area (Å²) in [4.78, 5) is 4.29. The zero-order valence-corrected chi connectivity index (χ0v) is 12.9. The number of fused-ring (bicyclic) bond motifs is 1. The Morgan fingerprint density at radius 1 is 1.05 bits per heavy atom. The summed E-state index contributed by atoms with van der Waals surface area (Å²) in [5.74, 6) is 0.747. The molecule has 0 fully saturated rings. The van der Waals surface area contributed by atoms with E-state index in [9.17, 15) is 0 Å². The Morgan fingerprint density at radius 3 is 2.65 bits per heavy atom. The molecule has 4 heteroatoms. The normalized spacial score (nSPS) is 10.7. The van der Waals surface area contributed by atoms with Crippen LogP contribution in [-0.2, 0) is 6.61 Å². The molecule has 0 N–H and O–H groups in total. The quantitative estimate of drug-likeness (QED) is 0.605. The van der Waals surface area contributed by atoms with Gasteiger partial charge in [-0.05, 0) is 18.2 Å². The molecular formula is C16H11BrClNO. The Labute approximate surface area is 130 Å². The number of benzene rings is 2. The fraction of sp³-hybridized carbons (Fsp3) is 0.0625. The van der Waals surface area contributed by atoms with Crippen LogP contribution in [0.1, 0.15) is 5.56 Å². The lowest BCUT2D eigenvalue weighted by atomic mass is 10.2. The number of para-hydroxylation sites is 1.